The summed E-state index contributed by atoms with van der Waals surface area (Å²) in [4.78, 5) is 8.29. The van der Waals surface area contributed by atoms with Gasteiger partial charge in [0.2, 0.25) is 0 Å². The molecule has 0 fully saturated rings. The van der Waals surface area contributed by atoms with Crippen molar-refractivity contribution in [1.29, 1.82) is 5.26 Å². The van der Waals surface area contributed by atoms with Crippen molar-refractivity contribution in [3.8, 4) is 6.07 Å². The summed E-state index contributed by atoms with van der Waals surface area (Å²) in [6.07, 6.45) is 2.53. The zero-order chi connectivity index (χ0) is 9.68. The summed E-state index contributed by atoms with van der Waals surface area (Å²) < 4.78 is 0. The third kappa shape index (κ3) is 3.03. The number of thioether (sulfide) groups is 1. The Balaban J connectivity index is 2.69. The molecule has 0 radical (unpaired) electrons. The third-order valence-electron chi connectivity index (χ3n) is 1.54. The molecule has 1 atom stereocenters. The van der Waals surface area contributed by atoms with Crippen molar-refractivity contribution in [2.45, 2.75) is 30.7 Å². The molecular formula is C9H11N3S. The second-order valence-corrected chi connectivity index (χ2v) is 3.79. The molecule has 1 rings (SSSR count). The summed E-state index contributed by atoms with van der Waals surface area (Å²) in [5.74, 6) is 0. The molecule has 0 N–H and O–H groups in total. The van der Waals surface area contributed by atoms with Gasteiger partial charge in [0.25, 0.3) is 0 Å². The number of aryl methyl sites for hydroxylation is 1. The number of nitriles is 1. The standard InChI is InChI=1S/C9H11N3S/c1-3-8(6-10)13-9-11-5-4-7(2)12-9/h4-5,8H,3H2,1-2H3. The molecule has 1 unspecified atom stereocenters. The third-order valence-corrected chi connectivity index (χ3v) is 2.67. The van der Waals surface area contributed by atoms with Crippen molar-refractivity contribution < 1.29 is 0 Å². The highest BCUT2D eigenvalue weighted by Gasteiger charge is 2.08. The number of nitrogens with zero attached hydrogens (tertiary/aromatic N) is 3. The van der Waals surface area contributed by atoms with Gasteiger partial charge in [0, 0.05) is 11.9 Å². The first-order valence-corrected chi connectivity index (χ1v) is 5.00. The van der Waals surface area contributed by atoms with E-state index in [9.17, 15) is 0 Å². The Morgan fingerprint density at radius 1 is 1.69 bits per heavy atom. The highest BCUT2D eigenvalue weighted by molar-refractivity contribution is 8.00. The first-order chi connectivity index (χ1) is 6.26. The predicted molar refractivity (Wildman–Crippen MR) is 52.3 cm³/mol. The number of hydrogen-bond donors (Lipinski definition) is 0. The molecule has 1 heterocycles. The lowest BCUT2D eigenvalue weighted by molar-refractivity contribution is 0.912. The lowest BCUT2D eigenvalue weighted by Gasteiger charge is -2.03. The first-order valence-electron chi connectivity index (χ1n) is 4.12. The highest BCUT2D eigenvalue weighted by Crippen LogP contribution is 2.20. The van der Waals surface area contributed by atoms with Gasteiger partial charge in [-0.05, 0) is 19.4 Å². The Morgan fingerprint density at radius 3 is 3.00 bits per heavy atom. The van der Waals surface area contributed by atoms with Crippen molar-refractivity contribution in [1.82, 2.24) is 9.97 Å². The van der Waals surface area contributed by atoms with Crippen molar-refractivity contribution >= 4 is 11.8 Å². The van der Waals surface area contributed by atoms with Crippen LogP contribution in [0.15, 0.2) is 17.4 Å². The molecule has 4 heteroatoms. The Hall–Kier alpha value is -1.08. The summed E-state index contributed by atoms with van der Waals surface area (Å²) in [5.41, 5.74) is 0.935. The molecule has 0 amide bonds. The van der Waals surface area contributed by atoms with E-state index in [1.807, 2.05) is 19.9 Å². The lowest BCUT2D eigenvalue weighted by atomic mass is 10.4. The van der Waals surface area contributed by atoms with E-state index in [2.05, 4.69) is 16.0 Å². The molecule has 13 heavy (non-hydrogen) atoms. The Kier molecular flexibility index (Phi) is 3.71. The molecule has 0 bridgehead atoms. The molecule has 0 aliphatic rings. The van der Waals surface area contributed by atoms with Gasteiger partial charge in [0.1, 0.15) is 0 Å². The molecule has 0 aromatic carbocycles. The van der Waals surface area contributed by atoms with Crippen LogP contribution in [0.2, 0.25) is 0 Å². The van der Waals surface area contributed by atoms with E-state index in [1.165, 1.54) is 11.8 Å². The summed E-state index contributed by atoms with van der Waals surface area (Å²) >= 11 is 1.42. The quantitative estimate of drug-likeness (QED) is 0.545. The monoisotopic (exact) mass is 193 g/mol. The van der Waals surface area contributed by atoms with E-state index in [-0.39, 0.29) is 5.25 Å². The molecule has 0 aliphatic heterocycles. The van der Waals surface area contributed by atoms with Gasteiger partial charge >= 0.3 is 0 Å². The average molecular weight is 193 g/mol. The second-order valence-electron chi connectivity index (χ2n) is 2.62. The highest BCUT2D eigenvalue weighted by atomic mass is 32.2. The summed E-state index contributed by atoms with van der Waals surface area (Å²) in [5, 5.41) is 9.38. The van der Waals surface area contributed by atoms with Gasteiger partial charge in [-0.15, -0.1) is 0 Å². The molecule has 0 aliphatic carbocycles. The van der Waals surface area contributed by atoms with Crippen LogP contribution in [0.25, 0.3) is 0 Å². The van der Waals surface area contributed by atoms with Gasteiger partial charge in [-0.2, -0.15) is 5.26 Å². The van der Waals surface area contributed by atoms with Crippen LogP contribution in [0.4, 0.5) is 0 Å². The maximum atomic E-state index is 8.73. The molecule has 68 valence electrons. The minimum atomic E-state index is -0.0400. The Bertz CT molecular complexity index is 319. The number of aromatic nitrogens is 2. The van der Waals surface area contributed by atoms with Crippen LogP contribution in [0.1, 0.15) is 19.0 Å². The predicted octanol–water partition coefficient (Wildman–Crippen LogP) is 2.18. The molecule has 3 nitrogen and oxygen atoms in total. The second kappa shape index (κ2) is 4.83. The fraction of sp³-hybridized carbons (Fsp3) is 0.444. The van der Waals surface area contributed by atoms with Crippen LogP contribution in [-0.4, -0.2) is 15.2 Å². The van der Waals surface area contributed by atoms with Crippen LogP contribution in [0, 0.1) is 18.3 Å². The normalized spacial score (nSPS) is 12.1. The zero-order valence-electron chi connectivity index (χ0n) is 7.69. The fourth-order valence-electron chi connectivity index (χ4n) is 0.811. The largest absolute Gasteiger partial charge is 0.231 e. The van der Waals surface area contributed by atoms with Crippen LogP contribution in [0.3, 0.4) is 0 Å². The SMILES string of the molecule is CCC(C#N)Sc1nccc(C)n1. The summed E-state index contributed by atoms with van der Waals surface area (Å²) in [6, 6.07) is 4.05. The van der Waals surface area contributed by atoms with Crippen LogP contribution < -0.4 is 0 Å². The Labute approximate surface area is 82.2 Å². The van der Waals surface area contributed by atoms with E-state index in [0.717, 1.165) is 12.1 Å². The molecule has 0 spiro atoms. The molecule has 1 aromatic heterocycles. The zero-order valence-corrected chi connectivity index (χ0v) is 8.51. The summed E-state index contributed by atoms with van der Waals surface area (Å²) in [7, 11) is 0. The van der Waals surface area contributed by atoms with Crippen LogP contribution in [-0.2, 0) is 0 Å². The first kappa shape index (κ1) is 10.0. The smallest absolute Gasteiger partial charge is 0.189 e. The topological polar surface area (TPSA) is 49.6 Å². The van der Waals surface area contributed by atoms with Gasteiger partial charge < -0.3 is 0 Å². The fourth-order valence-corrected chi connectivity index (χ4v) is 1.60. The van der Waals surface area contributed by atoms with Gasteiger partial charge in [0.05, 0.1) is 11.3 Å². The molecule has 1 aromatic rings. The van der Waals surface area contributed by atoms with Gasteiger partial charge in [-0.1, -0.05) is 18.7 Å². The molecular weight excluding hydrogens is 182 g/mol. The van der Waals surface area contributed by atoms with E-state index in [4.69, 9.17) is 5.26 Å². The van der Waals surface area contributed by atoms with E-state index in [1.54, 1.807) is 6.20 Å². The maximum Gasteiger partial charge on any atom is 0.189 e. The lowest BCUT2D eigenvalue weighted by Crippen LogP contribution is -1.98. The van der Waals surface area contributed by atoms with Crippen molar-refractivity contribution in [2.75, 3.05) is 0 Å². The maximum absolute atomic E-state index is 8.73. The van der Waals surface area contributed by atoms with Crippen LogP contribution >= 0.6 is 11.8 Å². The number of rotatable bonds is 3. The van der Waals surface area contributed by atoms with Crippen LogP contribution in [0.5, 0.6) is 0 Å². The van der Waals surface area contributed by atoms with Gasteiger partial charge in [0.15, 0.2) is 5.16 Å². The van der Waals surface area contributed by atoms with Gasteiger partial charge in [-0.25, -0.2) is 9.97 Å². The van der Waals surface area contributed by atoms with Gasteiger partial charge in [-0.3, -0.25) is 0 Å². The van der Waals surface area contributed by atoms with E-state index < -0.39 is 0 Å². The molecule has 0 saturated heterocycles. The summed E-state index contributed by atoms with van der Waals surface area (Å²) in [6.45, 7) is 3.90. The minimum absolute atomic E-state index is 0.0400. The van der Waals surface area contributed by atoms with Crippen molar-refractivity contribution in [3.05, 3.63) is 18.0 Å². The number of hydrogen-bond acceptors (Lipinski definition) is 4. The van der Waals surface area contributed by atoms with Crippen molar-refractivity contribution in [2.24, 2.45) is 0 Å². The van der Waals surface area contributed by atoms with Crippen molar-refractivity contribution in [3.63, 3.8) is 0 Å². The molecule has 0 saturated carbocycles. The Morgan fingerprint density at radius 2 is 2.46 bits per heavy atom. The average Bonchev–Trinajstić information content (AvgIpc) is 2.14. The minimum Gasteiger partial charge on any atom is -0.231 e. The van der Waals surface area contributed by atoms with E-state index >= 15 is 0 Å². The van der Waals surface area contributed by atoms with E-state index in [0.29, 0.717) is 5.16 Å².